The molecule has 3 heterocycles. The van der Waals surface area contributed by atoms with E-state index in [4.69, 9.17) is 0 Å². The molecule has 134 valence electrons. The van der Waals surface area contributed by atoms with Crippen LogP contribution in [0.2, 0.25) is 0 Å². The molecule has 0 spiro atoms. The van der Waals surface area contributed by atoms with Crippen LogP contribution in [-0.2, 0) is 4.79 Å². The molecule has 1 aliphatic rings. The van der Waals surface area contributed by atoms with Crippen LogP contribution in [0.1, 0.15) is 33.1 Å². The summed E-state index contributed by atoms with van der Waals surface area (Å²) in [6.45, 7) is 5.39. The van der Waals surface area contributed by atoms with E-state index in [2.05, 4.69) is 25.6 Å². The maximum atomic E-state index is 12.2. The molecule has 0 bridgehead atoms. The van der Waals surface area contributed by atoms with Crippen LogP contribution >= 0.6 is 0 Å². The van der Waals surface area contributed by atoms with E-state index in [1.165, 1.54) is 6.20 Å². The lowest BCUT2D eigenvalue weighted by atomic mass is 10.0. The number of anilines is 1. The summed E-state index contributed by atoms with van der Waals surface area (Å²) in [6, 6.07) is 1.42. The molecule has 1 saturated heterocycles. The maximum Gasteiger partial charge on any atom is 0.320 e. The van der Waals surface area contributed by atoms with Gasteiger partial charge in [0.2, 0.25) is 5.91 Å². The third-order valence-electron chi connectivity index (χ3n) is 4.19. The first-order valence-electron chi connectivity index (χ1n) is 8.66. The zero-order chi connectivity index (χ0) is 17.8. The Morgan fingerprint density at radius 3 is 3.08 bits per heavy atom. The van der Waals surface area contributed by atoms with Gasteiger partial charge < -0.3 is 15.2 Å². The van der Waals surface area contributed by atoms with Gasteiger partial charge in [-0.05, 0) is 24.8 Å². The van der Waals surface area contributed by atoms with Crippen molar-refractivity contribution in [1.82, 2.24) is 25.2 Å². The molecular formula is C17H24N6O2. The first kappa shape index (κ1) is 17.2. The largest absolute Gasteiger partial charge is 0.345 e. The Morgan fingerprint density at radius 2 is 2.28 bits per heavy atom. The molecule has 0 aliphatic carbocycles. The van der Waals surface area contributed by atoms with E-state index in [0.29, 0.717) is 35.9 Å². The molecule has 25 heavy (non-hydrogen) atoms. The Balaban J connectivity index is 1.54. The number of nitrogens with zero attached hydrogens (tertiary/aromatic N) is 3. The molecule has 0 radical (unpaired) electrons. The van der Waals surface area contributed by atoms with Crippen LogP contribution in [0.15, 0.2) is 18.5 Å². The fraction of sp³-hybridized carbons (Fsp3) is 0.529. The van der Waals surface area contributed by atoms with Crippen molar-refractivity contribution in [1.29, 1.82) is 0 Å². The highest BCUT2D eigenvalue weighted by atomic mass is 16.2. The Labute approximate surface area is 146 Å². The lowest BCUT2D eigenvalue weighted by Crippen LogP contribution is -2.50. The number of carbonyl (C=O) groups excluding carboxylic acids is 2. The molecule has 2 aromatic rings. The van der Waals surface area contributed by atoms with E-state index in [0.717, 1.165) is 19.4 Å². The van der Waals surface area contributed by atoms with Crippen molar-refractivity contribution < 1.29 is 9.59 Å². The van der Waals surface area contributed by atoms with Crippen molar-refractivity contribution in [2.75, 3.05) is 18.4 Å². The van der Waals surface area contributed by atoms with E-state index < -0.39 is 0 Å². The third kappa shape index (κ3) is 4.46. The number of aromatic nitrogens is 3. The molecular weight excluding hydrogens is 320 g/mol. The van der Waals surface area contributed by atoms with Gasteiger partial charge in [0.05, 0.1) is 6.20 Å². The molecule has 1 atom stereocenters. The van der Waals surface area contributed by atoms with Crippen molar-refractivity contribution in [2.45, 2.75) is 39.2 Å². The fourth-order valence-electron chi connectivity index (χ4n) is 3.03. The van der Waals surface area contributed by atoms with E-state index >= 15 is 0 Å². The highest BCUT2D eigenvalue weighted by Crippen LogP contribution is 2.14. The Morgan fingerprint density at radius 1 is 1.44 bits per heavy atom. The summed E-state index contributed by atoms with van der Waals surface area (Å²) in [4.78, 5) is 37.7. The normalized spacial score (nSPS) is 17.7. The number of rotatable bonds is 4. The van der Waals surface area contributed by atoms with Crippen molar-refractivity contribution in [2.24, 2.45) is 5.92 Å². The number of amides is 3. The summed E-state index contributed by atoms with van der Waals surface area (Å²) in [5.74, 6) is 0.893. The van der Waals surface area contributed by atoms with Crippen LogP contribution in [0.25, 0.3) is 11.2 Å². The molecule has 1 fully saturated rings. The Hall–Kier alpha value is -2.64. The first-order chi connectivity index (χ1) is 12.0. The summed E-state index contributed by atoms with van der Waals surface area (Å²) in [7, 11) is 0. The summed E-state index contributed by atoms with van der Waals surface area (Å²) in [5, 5.41) is 5.63. The minimum absolute atomic E-state index is 0.0474. The second-order valence-electron chi connectivity index (χ2n) is 6.84. The van der Waals surface area contributed by atoms with Gasteiger partial charge in [-0.25, -0.2) is 14.8 Å². The van der Waals surface area contributed by atoms with Gasteiger partial charge in [0.15, 0.2) is 11.5 Å². The predicted molar refractivity (Wildman–Crippen MR) is 95.1 cm³/mol. The summed E-state index contributed by atoms with van der Waals surface area (Å²) < 4.78 is 0. The standard InChI is InChI=1S/C17H24N6O2/c1-11(2)8-15(24)23-7-3-4-12(10-23)20-17(25)22-14-9-19-16-13(21-14)5-6-18-16/h5-6,9,11-12H,3-4,7-8,10H2,1-2H3,(H,18,19)(H2,20,21,22,25). The molecule has 0 saturated carbocycles. The zero-order valence-corrected chi connectivity index (χ0v) is 14.6. The number of aromatic amines is 1. The highest BCUT2D eigenvalue weighted by molar-refractivity contribution is 5.89. The van der Waals surface area contributed by atoms with Crippen LogP contribution in [0.5, 0.6) is 0 Å². The van der Waals surface area contributed by atoms with Gasteiger partial charge >= 0.3 is 6.03 Å². The Bertz CT molecular complexity index is 756. The van der Waals surface area contributed by atoms with Crippen LogP contribution in [0.3, 0.4) is 0 Å². The lowest BCUT2D eigenvalue weighted by molar-refractivity contribution is -0.133. The van der Waals surface area contributed by atoms with Crippen molar-refractivity contribution >= 4 is 28.9 Å². The van der Waals surface area contributed by atoms with E-state index in [9.17, 15) is 9.59 Å². The van der Waals surface area contributed by atoms with Gasteiger partial charge in [-0.1, -0.05) is 13.8 Å². The molecule has 2 aromatic heterocycles. The third-order valence-corrected chi connectivity index (χ3v) is 4.19. The average Bonchev–Trinajstić information content (AvgIpc) is 3.02. The molecule has 0 aromatic carbocycles. The number of nitrogens with one attached hydrogen (secondary N) is 3. The van der Waals surface area contributed by atoms with Gasteiger partial charge in [-0.2, -0.15) is 0 Å². The fourth-order valence-corrected chi connectivity index (χ4v) is 3.03. The van der Waals surface area contributed by atoms with Gasteiger partial charge in [0.1, 0.15) is 5.52 Å². The smallest absolute Gasteiger partial charge is 0.320 e. The topological polar surface area (TPSA) is 103 Å². The highest BCUT2D eigenvalue weighted by Gasteiger charge is 2.25. The number of urea groups is 1. The van der Waals surface area contributed by atoms with Crippen molar-refractivity contribution in [3.05, 3.63) is 18.5 Å². The number of likely N-dealkylation sites (tertiary alicyclic amines) is 1. The van der Waals surface area contributed by atoms with Crippen molar-refractivity contribution in [3.8, 4) is 0 Å². The number of carbonyl (C=O) groups is 2. The molecule has 1 unspecified atom stereocenters. The van der Waals surface area contributed by atoms with E-state index in [1.54, 1.807) is 12.3 Å². The number of piperidine rings is 1. The summed E-state index contributed by atoms with van der Waals surface area (Å²) >= 11 is 0. The van der Waals surface area contributed by atoms with E-state index in [-0.39, 0.29) is 18.0 Å². The van der Waals surface area contributed by atoms with Crippen molar-refractivity contribution in [3.63, 3.8) is 0 Å². The minimum atomic E-state index is -0.327. The van der Waals surface area contributed by atoms with E-state index in [1.807, 2.05) is 18.7 Å². The quantitative estimate of drug-likeness (QED) is 0.790. The van der Waals surface area contributed by atoms with Crippen LogP contribution in [0, 0.1) is 5.92 Å². The number of hydrogen-bond donors (Lipinski definition) is 3. The van der Waals surface area contributed by atoms with Gasteiger partial charge in [-0.3, -0.25) is 10.1 Å². The first-order valence-corrected chi connectivity index (χ1v) is 8.66. The SMILES string of the molecule is CC(C)CC(=O)N1CCCC(NC(=O)Nc2cnc3[nH]ccc3n2)C1. The molecule has 1 aliphatic heterocycles. The Kier molecular flexibility index (Phi) is 5.16. The number of fused-ring (bicyclic) bond motifs is 1. The summed E-state index contributed by atoms with van der Waals surface area (Å²) in [5.41, 5.74) is 1.37. The van der Waals surface area contributed by atoms with Gasteiger partial charge in [-0.15, -0.1) is 0 Å². The monoisotopic (exact) mass is 344 g/mol. The van der Waals surface area contributed by atoms with Gasteiger partial charge in [0.25, 0.3) is 0 Å². The summed E-state index contributed by atoms with van der Waals surface area (Å²) in [6.07, 6.45) is 5.56. The molecule has 8 nitrogen and oxygen atoms in total. The van der Waals surface area contributed by atoms with Gasteiger partial charge in [0, 0.05) is 31.7 Å². The molecule has 3 amide bonds. The maximum absolute atomic E-state index is 12.2. The van der Waals surface area contributed by atoms with Crippen LogP contribution < -0.4 is 10.6 Å². The van der Waals surface area contributed by atoms with Crippen LogP contribution in [0.4, 0.5) is 10.6 Å². The molecule has 3 rings (SSSR count). The number of hydrogen-bond acceptors (Lipinski definition) is 4. The average molecular weight is 344 g/mol. The molecule has 8 heteroatoms. The van der Waals surface area contributed by atoms with Crippen LogP contribution in [-0.4, -0.2) is 50.9 Å². The number of H-pyrrole nitrogens is 1. The second-order valence-corrected chi connectivity index (χ2v) is 6.84. The lowest BCUT2D eigenvalue weighted by Gasteiger charge is -2.33. The predicted octanol–water partition coefficient (Wildman–Crippen LogP) is 2.12. The minimum Gasteiger partial charge on any atom is -0.345 e. The second kappa shape index (κ2) is 7.50. The zero-order valence-electron chi connectivity index (χ0n) is 14.6. The molecule has 3 N–H and O–H groups in total.